The molecule has 2 N–H and O–H groups in total. The average Bonchev–Trinajstić information content (AvgIpc) is 2.94. The van der Waals surface area contributed by atoms with E-state index in [-0.39, 0.29) is 12.5 Å². The van der Waals surface area contributed by atoms with Gasteiger partial charge in [0.1, 0.15) is 11.4 Å². The third-order valence-electron chi connectivity index (χ3n) is 2.83. The van der Waals surface area contributed by atoms with Crippen molar-refractivity contribution in [3.05, 3.63) is 58.0 Å². The number of aliphatic hydroxyl groups is 1. The van der Waals surface area contributed by atoms with Gasteiger partial charge in [-0.15, -0.1) is 0 Å². The Balaban J connectivity index is 2.03. The van der Waals surface area contributed by atoms with Crippen molar-refractivity contribution in [1.29, 1.82) is 0 Å². The molecule has 1 heterocycles. The van der Waals surface area contributed by atoms with Crippen LogP contribution in [0.15, 0.2) is 41.0 Å². The van der Waals surface area contributed by atoms with Crippen LogP contribution >= 0.6 is 23.2 Å². The Kier molecular flexibility index (Phi) is 4.38. The molecule has 0 bridgehead atoms. The molecule has 1 aromatic heterocycles. The molecule has 0 aliphatic heterocycles. The minimum Gasteiger partial charge on any atom is -0.466 e. The zero-order valence-electron chi connectivity index (χ0n) is 10.7. The van der Waals surface area contributed by atoms with E-state index in [4.69, 9.17) is 27.6 Å². The van der Waals surface area contributed by atoms with Gasteiger partial charge in [0.2, 0.25) is 0 Å². The topological polar surface area (TPSA) is 62.5 Å². The highest BCUT2D eigenvalue weighted by molar-refractivity contribution is 6.42. The summed E-state index contributed by atoms with van der Waals surface area (Å²) in [6, 6.07) is 7.89. The second-order valence-corrected chi connectivity index (χ2v) is 5.38. The third-order valence-corrected chi connectivity index (χ3v) is 3.57. The first kappa shape index (κ1) is 14.9. The van der Waals surface area contributed by atoms with Crippen molar-refractivity contribution in [1.82, 2.24) is 5.32 Å². The van der Waals surface area contributed by atoms with E-state index in [1.807, 2.05) is 0 Å². The second-order valence-electron chi connectivity index (χ2n) is 4.56. The van der Waals surface area contributed by atoms with Gasteiger partial charge in [-0.1, -0.05) is 23.2 Å². The molecule has 6 heteroatoms. The highest BCUT2D eigenvalue weighted by Gasteiger charge is 2.27. The van der Waals surface area contributed by atoms with Crippen LogP contribution in [0.3, 0.4) is 0 Å². The van der Waals surface area contributed by atoms with E-state index in [9.17, 15) is 9.90 Å². The van der Waals surface area contributed by atoms with Gasteiger partial charge in [-0.25, -0.2) is 0 Å². The summed E-state index contributed by atoms with van der Waals surface area (Å²) in [7, 11) is 0. The quantitative estimate of drug-likeness (QED) is 0.911. The summed E-state index contributed by atoms with van der Waals surface area (Å²) in [6.07, 6.45) is 1.46. The largest absolute Gasteiger partial charge is 0.466 e. The molecule has 0 unspecified atom stereocenters. The van der Waals surface area contributed by atoms with Gasteiger partial charge < -0.3 is 14.8 Å². The normalized spacial score (nSPS) is 13.8. The molecule has 1 atom stereocenters. The van der Waals surface area contributed by atoms with Gasteiger partial charge in [-0.2, -0.15) is 0 Å². The molecule has 2 rings (SSSR count). The number of furan rings is 1. The van der Waals surface area contributed by atoms with Crippen molar-refractivity contribution in [2.45, 2.75) is 12.5 Å². The lowest BCUT2D eigenvalue weighted by molar-refractivity contribution is 0.0330. The maximum atomic E-state index is 12.0. The maximum absolute atomic E-state index is 12.0. The minimum absolute atomic E-state index is 0.0135. The Morgan fingerprint density at radius 2 is 2.10 bits per heavy atom. The lowest BCUT2D eigenvalue weighted by Crippen LogP contribution is -2.38. The number of nitrogens with one attached hydrogen (secondary N) is 1. The first-order chi connectivity index (χ1) is 9.40. The van der Waals surface area contributed by atoms with Crippen LogP contribution in [-0.2, 0) is 5.60 Å². The van der Waals surface area contributed by atoms with E-state index < -0.39 is 5.60 Å². The van der Waals surface area contributed by atoms with Crippen molar-refractivity contribution < 1.29 is 14.3 Å². The summed E-state index contributed by atoms with van der Waals surface area (Å²) in [5.41, 5.74) is -0.912. The number of benzene rings is 1. The molecular formula is C14H13Cl2NO3. The van der Waals surface area contributed by atoms with Crippen molar-refractivity contribution >= 4 is 29.1 Å². The Morgan fingerprint density at radius 3 is 2.70 bits per heavy atom. The van der Waals surface area contributed by atoms with Crippen molar-refractivity contribution in [2.75, 3.05) is 6.54 Å². The van der Waals surface area contributed by atoms with Gasteiger partial charge in [0.25, 0.3) is 5.91 Å². The minimum atomic E-state index is -1.28. The standard InChI is InChI=1S/C14H13Cl2NO3/c1-14(19,12-3-2-6-20-12)8-17-13(18)9-4-5-10(15)11(16)7-9/h2-7,19H,8H2,1H3,(H,17,18)/t14-/m0/s1. The van der Waals surface area contributed by atoms with Crippen LogP contribution < -0.4 is 5.32 Å². The van der Waals surface area contributed by atoms with E-state index in [1.54, 1.807) is 31.2 Å². The van der Waals surface area contributed by atoms with Gasteiger partial charge in [0, 0.05) is 5.56 Å². The Labute approximate surface area is 126 Å². The molecule has 0 saturated carbocycles. The Bertz CT molecular complexity index is 609. The molecule has 1 amide bonds. The maximum Gasteiger partial charge on any atom is 0.251 e. The molecule has 0 radical (unpaired) electrons. The highest BCUT2D eigenvalue weighted by atomic mass is 35.5. The van der Waals surface area contributed by atoms with Crippen LogP contribution in [0, 0.1) is 0 Å². The number of amides is 1. The number of carbonyl (C=O) groups excluding carboxylic acids is 1. The van der Waals surface area contributed by atoms with E-state index in [0.29, 0.717) is 21.4 Å². The van der Waals surface area contributed by atoms with Gasteiger partial charge >= 0.3 is 0 Å². The number of hydrogen-bond donors (Lipinski definition) is 2. The third kappa shape index (κ3) is 3.33. The zero-order chi connectivity index (χ0) is 14.8. The van der Waals surface area contributed by atoms with Crippen LogP contribution in [0.1, 0.15) is 23.0 Å². The van der Waals surface area contributed by atoms with Gasteiger partial charge in [0.05, 0.1) is 22.9 Å². The predicted molar refractivity (Wildman–Crippen MR) is 77.1 cm³/mol. The highest BCUT2D eigenvalue weighted by Crippen LogP contribution is 2.23. The van der Waals surface area contributed by atoms with Crippen LogP contribution in [0.2, 0.25) is 10.0 Å². The van der Waals surface area contributed by atoms with Crippen LogP contribution in [0.25, 0.3) is 0 Å². The molecule has 1 aromatic carbocycles. The molecule has 2 aromatic rings. The fourth-order valence-corrected chi connectivity index (χ4v) is 1.96. The molecule has 20 heavy (non-hydrogen) atoms. The summed E-state index contributed by atoms with van der Waals surface area (Å²) >= 11 is 11.6. The molecule has 0 saturated heterocycles. The molecule has 106 valence electrons. The SMILES string of the molecule is C[C@](O)(CNC(=O)c1ccc(Cl)c(Cl)c1)c1ccco1. The van der Waals surface area contributed by atoms with E-state index in [0.717, 1.165) is 0 Å². The zero-order valence-corrected chi connectivity index (χ0v) is 12.2. The first-order valence-corrected chi connectivity index (χ1v) is 6.65. The number of carbonyl (C=O) groups is 1. The number of halogens is 2. The lowest BCUT2D eigenvalue weighted by atomic mass is 10.0. The smallest absolute Gasteiger partial charge is 0.251 e. The first-order valence-electron chi connectivity index (χ1n) is 5.90. The summed E-state index contributed by atoms with van der Waals surface area (Å²) in [6.45, 7) is 1.57. The monoisotopic (exact) mass is 313 g/mol. The Hall–Kier alpha value is -1.49. The van der Waals surface area contributed by atoms with E-state index in [1.165, 1.54) is 12.3 Å². The van der Waals surface area contributed by atoms with E-state index in [2.05, 4.69) is 5.32 Å². The van der Waals surface area contributed by atoms with Crippen LogP contribution in [0.5, 0.6) is 0 Å². The lowest BCUT2D eigenvalue weighted by Gasteiger charge is -2.21. The number of hydrogen-bond acceptors (Lipinski definition) is 3. The van der Waals surface area contributed by atoms with Gasteiger partial charge in [-0.3, -0.25) is 4.79 Å². The molecule has 0 fully saturated rings. The summed E-state index contributed by atoms with van der Waals surface area (Å²) in [4.78, 5) is 12.0. The van der Waals surface area contributed by atoms with Crippen molar-refractivity contribution in [3.8, 4) is 0 Å². The number of rotatable bonds is 4. The van der Waals surface area contributed by atoms with Crippen LogP contribution in [-0.4, -0.2) is 17.6 Å². The summed E-state index contributed by atoms with van der Waals surface area (Å²) in [5, 5.41) is 13.5. The van der Waals surface area contributed by atoms with Gasteiger partial charge in [-0.05, 0) is 37.3 Å². The van der Waals surface area contributed by atoms with Crippen molar-refractivity contribution in [2.24, 2.45) is 0 Å². The second kappa shape index (κ2) is 5.87. The average molecular weight is 314 g/mol. The molecule has 0 aliphatic carbocycles. The predicted octanol–water partition coefficient (Wildman–Crippen LogP) is 3.22. The van der Waals surface area contributed by atoms with Crippen molar-refractivity contribution in [3.63, 3.8) is 0 Å². The summed E-state index contributed by atoms with van der Waals surface area (Å²) < 4.78 is 5.13. The molecule has 0 aliphatic rings. The van der Waals surface area contributed by atoms with E-state index >= 15 is 0 Å². The molecule has 0 spiro atoms. The Morgan fingerprint density at radius 1 is 1.35 bits per heavy atom. The molecule has 4 nitrogen and oxygen atoms in total. The molecular weight excluding hydrogens is 301 g/mol. The fraction of sp³-hybridized carbons (Fsp3) is 0.214. The van der Waals surface area contributed by atoms with Gasteiger partial charge in [0.15, 0.2) is 0 Å². The van der Waals surface area contributed by atoms with Crippen LogP contribution in [0.4, 0.5) is 0 Å². The fourth-order valence-electron chi connectivity index (χ4n) is 1.66. The summed E-state index contributed by atoms with van der Waals surface area (Å²) in [5.74, 6) is 0.0299.